The fraction of sp³-hybridized carbons (Fsp3) is 0.222. The van der Waals surface area contributed by atoms with Crippen LogP contribution in [-0.4, -0.2) is 25.2 Å². The summed E-state index contributed by atoms with van der Waals surface area (Å²) in [6.07, 6.45) is 0. The molecule has 0 radical (unpaired) electrons. The van der Waals surface area contributed by atoms with Crippen LogP contribution in [0.4, 0.5) is 8.78 Å². The minimum Gasteiger partial charge on any atom is -0.454 e. The van der Waals surface area contributed by atoms with E-state index in [-0.39, 0.29) is 24.9 Å². The van der Waals surface area contributed by atoms with Crippen LogP contribution in [0.3, 0.4) is 0 Å². The van der Waals surface area contributed by atoms with Crippen LogP contribution in [0.1, 0.15) is 28.9 Å². The molecule has 0 aromatic heterocycles. The van der Waals surface area contributed by atoms with Gasteiger partial charge in [-0.25, -0.2) is 8.78 Å². The van der Waals surface area contributed by atoms with Gasteiger partial charge in [0.25, 0.3) is 5.91 Å². The largest absolute Gasteiger partial charge is 0.454 e. The Hall–Kier alpha value is -3.16. The average Bonchev–Trinajstić information content (AvgIpc) is 3.07. The third-order valence-corrected chi connectivity index (χ3v) is 3.86. The van der Waals surface area contributed by atoms with E-state index in [0.717, 1.165) is 17.7 Å². The summed E-state index contributed by atoms with van der Waals surface area (Å²) in [5.41, 5.74) is 0.474. The standard InChI is InChI=1S/C18H16F2N2O4/c1-10(11-2-5-15-16(6-11)26-9-25-15)22-17(23)8-21-18(24)13-4-3-12(19)7-14(13)20/h2-7,10H,8-9H2,1H3,(H,21,24)(H,22,23). The Morgan fingerprint density at radius 2 is 1.88 bits per heavy atom. The molecule has 1 aliphatic heterocycles. The Kier molecular flexibility index (Phi) is 5.01. The maximum atomic E-state index is 13.5. The zero-order valence-electron chi connectivity index (χ0n) is 13.8. The van der Waals surface area contributed by atoms with Crippen molar-refractivity contribution in [2.75, 3.05) is 13.3 Å². The van der Waals surface area contributed by atoms with Crippen LogP contribution in [0.15, 0.2) is 36.4 Å². The van der Waals surface area contributed by atoms with E-state index in [1.165, 1.54) is 0 Å². The second kappa shape index (κ2) is 7.38. The fourth-order valence-corrected chi connectivity index (χ4v) is 2.49. The SMILES string of the molecule is CC(NC(=O)CNC(=O)c1ccc(F)cc1F)c1ccc2c(c1)OCO2. The molecule has 2 N–H and O–H groups in total. The number of benzene rings is 2. The van der Waals surface area contributed by atoms with E-state index < -0.39 is 23.4 Å². The van der Waals surface area contributed by atoms with Crippen LogP contribution in [0, 0.1) is 11.6 Å². The Balaban J connectivity index is 1.54. The molecule has 6 nitrogen and oxygen atoms in total. The van der Waals surface area contributed by atoms with Gasteiger partial charge in [-0.3, -0.25) is 9.59 Å². The second-order valence-electron chi connectivity index (χ2n) is 5.71. The van der Waals surface area contributed by atoms with Crippen LogP contribution >= 0.6 is 0 Å². The van der Waals surface area contributed by atoms with Crippen LogP contribution < -0.4 is 20.1 Å². The Morgan fingerprint density at radius 3 is 2.65 bits per heavy atom. The molecule has 2 aromatic carbocycles. The first kappa shape index (κ1) is 17.7. The topological polar surface area (TPSA) is 76.7 Å². The van der Waals surface area contributed by atoms with Gasteiger partial charge in [-0.05, 0) is 36.8 Å². The third-order valence-electron chi connectivity index (χ3n) is 3.86. The lowest BCUT2D eigenvalue weighted by Crippen LogP contribution is -2.38. The molecule has 8 heteroatoms. The van der Waals surface area contributed by atoms with Crippen molar-refractivity contribution in [3.8, 4) is 11.5 Å². The molecule has 0 saturated carbocycles. The fourth-order valence-electron chi connectivity index (χ4n) is 2.49. The number of rotatable bonds is 5. The molecule has 0 saturated heterocycles. The lowest BCUT2D eigenvalue weighted by atomic mass is 10.1. The van der Waals surface area contributed by atoms with Gasteiger partial charge in [0.05, 0.1) is 18.2 Å². The van der Waals surface area contributed by atoms with Crippen molar-refractivity contribution in [2.24, 2.45) is 0 Å². The van der Waals surface area contributed by atoms with Crippen molar-refractivity contribution in [1.29, 1.82) is 0 Å². The summed E-state index contributed by atoms with van der Waals surface area (Å²) in [4.78, 5) is 23.9. The maximum absolute atomic E-state index is 13.5. The molecule has 0 fully saturated rings. The number of ether oxygens (including phenoxy) is 2. The van der Waals surface area contributed by atoms with Gasteiger partial charge in [-0.15, -0.1) is 0 Å². The summed E-state index contributed by atoms with van der Waals surface area (Å²) >= 11 is 0. The zero-order chi connectivity index (χ0) is 18.7. The third kappa shape index (κ3) is 3.90. The van der Waals surface area contributed by atoms with E-state index in [1.807, 2.05) is 0 Å². The number of amides is 2. The minimum atomic E-state index is -0.989. The smallest absolute Gasteiger partial charge is 0.254 e. The molecule has 2 amide bonds. The first-order valence-electron chi connectivity index (χ1n) is 7.86. The van der Waals surface area contributed by atoms with Gasteiger partial charge in [-0.1, -0.05) is 6.07 Å². The van der Waals surface area contributed by atoms with Crippen LogP contribution in [0.5, 0.6) is 11.5 Å². The molecule has 1 heterocycles. The number of carbonyl (C=O) groups is 2. The maximum Gasteiger partial charge on any atom is 0.254 e. The van der Waals surface area contributed by atoms with E-state index in [2.05, 4.69) is 10.6 Å². The predicted octanol–water partition coefficient (Wildman–Crippen LogP) is 2.30. The molecular formula is C18H16F2N2O4. The van der Waals surface area contributed by atoms with Crippen molar-refractivity contribution in [1.82, 2.24) is 10.6 Å². The molecule has 26 heavy (non-hydrogen) atoms. The van der Waals surface area contributed by atoms with Gasteiger partial charge in [0, 0.05) is 6.07 Å². The van der Waals surface area contributed by atoms with Crippen molar-refractivity contribution in [3.63, 3.8) is 0 Å². The monoisotopic (exact) mass is 362 g/mol. The second-order valence-corrected chi connectivity index (χ2v) is 5.71. The van der Waals surface area contributed by atoms with Crippen molar-refractivity contribution < 1.29 is 27.8 Å². The summed E-state index contributed by atoms with van der Waals surface area (Å²) in [5, 5.41) is 5.01. The van der Waals surface area contributed by atoms with Gasteiger partial charge < -0.3 is 20.1 Å². The highest BCUT2D eigenvalue weighted by Gasteiger charge is 2.18. The van der Waals surface area contributed by atoms with E-state index in [4.69, 9.17) is 9.47 Å². The van der Waals surface area contributed by atoms with Crippen molar-refractivity contribution >= 4 is 11.8 Å². The highest BCUT2D eigenvalue weighted by atomic mass is 19.1. The Labute approximate surface area is 148 Å². The molecule has 136 valence electrons. The Bertz CT molecular complexity index is 857. The van der Waals surface area contributed by atoms with E-state index in [9.17, 15) is 18.4 Å². The van der Waals surface area contributed by atoms with E-state index in [1.54, 1.807) is 25.1 Å². The summed E-state index contributed by atoms with van der Waals surface area (Å²) in [6.45, 7) is 1.59. The summed E-state index contributed by atoms with van der Waals surface area (Å²) in [6, 6.07) is 7.57. The number of hydrogen-bond donors (Lipinski definition) is 2. The molecular weight excluding hydrogens is 346 g/mol. The molecule has 0 aliphatic carbocycles. The molecule has 2 aromatic rings. The lowest BCUT2D eigenvalue weighted by Gasteiger charge is -2.15. The van der Waals surface area contributed by atoms with Gasteiger partial charge in [0.1, 0.15) is 11.6 Å². The number of nitrogens with one attached hydrogen (secondary N) is 2. The van der Waals surface area contributed by atoms with E-state index in [0.29, 0.717) is 17.6 Å². The number of halogens is 2. The van der Waals surface area contributed by atoms with Gasteiger partial charge in [0.2, 0.25) is 12.7 Å². The number of fused-ring (bicyclic) bond motifs is 1. The lowest BCUT2D eigenvalue weighted by molar-refractivity contribution is -0.120. The van der Waals surface area contributed by atoms with Crippen LogP contribution in [0.25, 0.3) is 0 Å². The van der Waals surface area contributed by atoms with Crippen molar-refractivity contribution in [3.05, 3.63) is 59.2 Å². The van der Waals surface area contributed by atoms with Gasteiger partial charge in [-0.2, -0.15) is 0 Å². The van der Waals surface area contributed by atoms with Gasteiger partial charge >= 0.3 is 0 Å². The van der Waals surface area contributed by atoms with E-state index >= 15 is 0 Å². The van der Waals surface area contributed by atoms with Gasteiger partial charge in [0.15, 0.2) is 11.5 Å². The summed E-state index contributed by atoms with van der Waals surface area (Å²) in [7, 11) is 0. The Morgan fingerprint density at radius 1 is 1.12 bits per heavy atom. The summed E-state index contributed by atoms with van der Waals surface area (Å²) in [5.74, 6) is -1.78. The molecule has 0 spiro atoms. The predicted molar refractivity (Wildman–Crippen MR) is 87.8 cm³/mol. The zero-order valence-corrected chi connectivity index (χ0v) is 13.8. The average molecular weight is 362 g/mol. The number of carbonyl (C=O) groups excluding carboxylic acids is 2. The highest BCUT2D eigenvalue weighted by molar-refractivity contribution is 5.96. The first-order chi connectivity index (χ1) is 12.4. The molecule has 1 aliphatic rings. The molecule has 3 rings (SSSR count). The number of hydrogen-bond acceptors (Lipinski definition) is 4. The highest BCUT2D eigenvalue weighted by Crippen LogP contribution is 2.34. The molecule has 1 atom stereocenters. The molecule has 0 bridgehead atoms. The van der Waals surface area contributed by atoms with Crippen LogP contribution in [-0.2, 0) is 4.79 Å². The minimum absolute atomic E-state index is 0.158. The first-order valence-corrected chi connectivity index (χ1v) is 7.86. The molecule has 1 unspecified atom stereocenters. The van der Waals surface area contributed by atoms with Crippen LogP contribution in [0.2, 0.25) is 0 Å². The quantitative estimate of drug-likeness (QED) is 0.856. The normalized spacial score (nSPS) is 13.2. The summed E-state index contributed by atoms with van der Waals surface area (Å²) < 4.78 is 36.9. The van der Waals surface area contributed by atoms with Crippen molar-refractivity contribution in [2.45, 2.75) is 13.0 Å².